The maximum Gasteiger partial charge on any atom is 0.263 e. The maximum atomic E-state index is 13.3. The number of benzene rings is 2. The van der Waals surface area contributed by atoms with Gasteiger partial charge in [-0.3, -0.25) is 4.79 Å². The molecule has 154 valence electrons. The highest BCUT2D eigenvalue weighted by Gasteiger charge is 2.18. The van der Waals surface area contributed by atoms with Crippen molar-refractivity contribution in [2.24, 2.45) is 0 Å². The molecular weight excluding hydrogens is 411 g/mol. The molecular formula is C21H18ClFN4O3. The number of anilines is 2. The number of carbonyl (C=O) groups excluding carboxylic acids is 1. The highest BCUT2D eigenvalue weighted by atomic mass is 35.5. The molecule has 4 rings (SSSR count). The van der Waals surface area contributed by atoms with Gasteiger partial charge in [0.2, 0.25) is 0 Å². The summed E-state index contributed by atoms with van der Waals surface area (Å²) in [6.07, 6.45) is 3.18. The van der Waals surface area contributed by atoms with Gasteiger partial charge in [-0.25, -0.2) is 14.4 Å². The van der Waals surface area contributed by atoms with Crippen LogP contribution in [-0.2, 0) is 4.74 Å². The van der Waals surface area contributed by atoms with Crippen molar-refractivity contribution in [2.45, 2.75) is 0 Å². The van der Waals surface area contributed by atoms with Crippen LogP contribution in [0.5, 0.6) is 11.6 Å². The summed E-state index contributed by atoms with van der Waals surface area (Å²) in [4.78, 5) is 23.1. The molecule has 1 aliphatic rings. The fraction of sp³-hybridized carbons (Fsp3) is 0.190. The molecule has 0 bridgehead atoms. The minimum absolute atomic E-state index is 0.0587. The predicted molar refractivity (Wildman–Crippen MR) is 111 cm³/mol. The molecule has 9 heteroatoms. The third-order valence-electron chi connectivity index (χ3n) is 4.47. The summed E-state index contributed by atoms with van der Waals surface area (Å²) in [5.41, 5.74) is 0.816. The Balaban J connectivity index is 1.45. The summed E-state index contributed by atoms with van der Waals surface area (Å²) >= 11 is 5.75. The van der Waals surface area contributed by atoms with E-state index in [2.05, 4.69) is 20.2 Å². The van der Waals surface area contributed by atoms with E-state index in [0.717, 1.165) is 0 Å². The third kappa shape index (κ3) is 4.67. The Labute approximate surface area is 177 Å². The number of ether oxygens (including phenoxy) is 2. The van der Waals surface area contributed by atoms with E-state index < -0.39 is 5.82 Å². The molecule has 30 heavy (non-hydrogen) atoms. The van der Waals surface area contributed by atoms with Gasteiger partial charge < -0.3 is 19.7 Å². The van der Waals surface area contributed by atoms with Crippen LogP contribution >= 0.6 is 11.6 Å². The van der Waals surface area contributed by atoms with Gasteiger partial charge in [-0.1, -0.05) is 11.6 Å². The van der Waals surface area contributed by atoms with E-state index >= 15 is 0 Å². The first-order valence-electron chi connectivity index (χ1n) is 9.28. The molecule has 1 saturated heterocycles. The van der Waals surface area contributed by atoms with Crippen LogP contribution in [0.1, 0.15) is 10.4 Å². The standard InChI is InChI=1S/C21H18ClFN4O3/c22-17-13-15(3-6-18(17)23)26-20(28)14-1-4-16(5-2-14)30-21-19(24-7-8-25-21)27-9-11-29-12-10-27/h1-8,13H,9-12H2,(H,26,28). The van der Waals surface area contributed by atoms with Crippen molar-refractivity contribution >= 4 is 29.0 Å². The fourth-order valence-corrected chi connectivity index (χ4v) is 3.13. The number of nitrogens with zero attached hydrogens (tertiary/aromatic N) is 3. The lowest BCUT2D eigenvalue weighted by molar-refractivity contribution is 0.102. The van der Waals surface area contributed by atoms with E-state index in [0.29, 0.717) is 55.0 Å². The molecule has 0 aliphatic carbocycles. The largest absolute Gasteiger partial charge is 0.436 e. The van der Waals surface area contributed by atoms with Crippen LogP contribution in [0.2, 0.25) is 5.02 Å². The quantitative estimate of drug-likeness (QED) is 0.658. The van der Waals surface area contributed by atoms with Crippen LogP contribution in [0.3, 0.4) is 0 Å². The van der Waals surface area contributed by atoms with Crippen molar-refractivity contribution in [3.8, 4) is 11.6 Å². The Kier molecular flexibility index (Phi) is 6.06. The lowest BCUT2D eigenvalue weighted by Gasteiger charge is -2.28. The van der Waals surface area contributed by atoms with E-state index in [1.54, 1.807) is 36.7 Å². The third-order valence-corrected chi connectivity index (χ3v) is 4.76. The average Bonchev–Trinajstić information content (AvgIpc) is 2.78. The van der Waals surface area contributed by atoms with E-state index in [-0.39, 0.29) is 10.9 Å². The number of rotatable bonds is 5. The smallest absolute Gasteiger partial charge is 0.263 e. The Morgan fingerprint density at radius 1 is 1.10 bits per heavy atom. The molecule has 2 heterocycles. The molecule has 1 N–H and O–H groups in total. The Morgan fingerprint density at radius 2 is 1.83 bits per heavy atom. The van der Waals surface area contributed by atoms with Crippen LogP contribution in [0, 0.1) is 5.82 Å². The first-order chi connectivity index (χ1) is 14.6. The topological polar surface area (TPSA) is 76.6 Å². The van der Waals surface area contributed by atoms with Crippen molar-refractivity contribution in [3.05, 3.63) is 71.3 Å². The molecule has 7 nitrogen and oxygen atoms in total. The zero-order chi connectivity index (χ0) is 20.9. The second-order valence-corrected chi connectivity index (χ2v) is 6.90. The number of nitrogens with one attached hydrogen (secondary N) is 1. The number of hydrogen-bond donors (Lipinski definition) is 1. The highest BCUT2D eigenvalue weighted by molar-refractivity contribution is 6.31. The molecule has 0 radical (unpaired) electrons. The van der Waals surface area contributed by atoms with Gasteiger partial charge in [0.1, 0.15) is 11.6 Å². The van der Waals surface area contributed by atoms with Gasteiger partial charge in [-0.15, -0.1) is 0 Å². The zero-order valence-electron chi connectivity index (χ0n) is 15.8. The monoisotopic (exact) mass is 428 g/mol. The fourth-order valence-electron chi connectivity index (χ4n) is 2.95. The summed E-state index contributed by atoms with van der Waals surface area (Å²) in [6.45, 7) is 2.67. The molecule has 0 atom stereocenters. The second-order valence-electron chi connectivity index (χ2n) is 6.49. The lowest BCUT2D eigenvalue weighted by Crippen LogP contribution is -2.37. The Bertz CT molecular complexity index is 1040. The van der Waals surface area contributed by atoms with Gasteiger partial charge >= 0.3 is 0 Å². The van der Waals surface area contributed by atoms with Gasteiger partial charge in [-0.05, 0) is 42.5 Å². The van der Waals surface area contributed by atoms with Crippen molar-refractivity contribution in [3.63, 3.8) is 0 Å². The number of aromatic nitrogens is 2. The second kappa shape index (κ2) is 9.06. The first kappa shape index (κ1) is 20.1. The number of morpholine rings is 1. The van der Waals surface area contributed by atoms with Crippen molar-refractivity contribution in [1.29, 1.82) is 0 Å². The van der Waals surface area contributed by atoms with E-state index in [1.807, 2.05) is 0 Å². The summed E-state index contributed by atoms with van der Waals surface area (Å²) < 4.78 is 24.5. The SMILES string of the molecule is O=C(Nc1ccc(F)c(Cl)c1)c1ccc(Oc2nccnc2N2CCOCC2)cc1. The van der Waals surface area contributed by atoms with E-state index in [9.17, 15) is 9.18 Å². The van der Waals surface area contributed by atoms with Crippen molar-refractivity contribution in [2.75, 3.05) is 36.5 Å². The minimum Gasteiger partial charge on any atom is -0.436 e. The summed E-state index contributed by atoms with van der Waals surface area (Å²) in [5.74, 6) is 0.661. The van der Waals surface area contributed by atoms with E-state index in [4.69, 9.17) is 21.1 Å². The normalized spacial score (nSPS) is 13.7. The summed E-state index contributed by atoms with van der Waals surface area (Å²) in [6, 6.07) is 10.6. The number of halogens is 2. The molecule has 0 unspecified atom stereocenters. The van der Waals surface area contributed by atoms with Gasteiger partial charge in [0, 0.05) is 36.7 Å². The number of hydrogen-bond acceptors (Lipinski definition) is 6. The van der Waals surface area contributed by atoms with Crippen molar-refractivity contribution in [1.82, 2.24) is 9.97 Å². The number of carbonyl (C=O) groups is 1. The molecule has 3 aromatic rings. The molecule has 0 saturated carbocycles. The molecule has 1 fully saturated rings. The highest BCUT2D eigenvalue weighted by Crippen LogP contribution is 2.28. The lowest BCUT2D eigenvalue weighted by atomic mass is 10.2. The zero-order valence-corrected chi connectivity index (χ0v) is 16.6. The van der Waals surface area contributed by atoms with Crippen LogP contribution in [-0.4, -0.2) is 42.2 Å². The Hall–Kier alpha value is -3.23. The molecule has 1 aliphatic heterocycles. The molecule has 0 spiro atoms. The average molecular weight is 429 g/mol. The van der Waals surface area contributed by atoms with Crippen molar-refractivity contribution < 1.29 is 18.7 Å². The van der Waals surface area contributed by atoms with Gasteiger partial charge in [0.25, 0.3) is 11.8 Å². The number of amides is 1. The minimum atomic E-state index is -0.545. The maximum absolute atomic E-state index is 13.3. The summed E-state index contributed by atoms with van der Waals surface area (Å²) in [5, 5.41) is 2.62. The van der Waals surface area contributed by atoms with Crippen LogP contribution in [0.4, 0.5) is 15.9 Å². The Morgan fingerprint density at radius 3 is 2.57 bits per heavy atom. The van der Waals surface area contributed by atoms with Crippen LogP contribution < -0.4 is 15.0 Å². The molecule has 1 aromatic heterocycles. The van der Waals surface area contributed by atoms with Gasteiger partial charge in [0.05, 0.1) is 18.2 Å². The summed E-state index contributed by atoms with van der Waals surface area (Å²) in [7, 11) is 0. The molecule has 1 amide bonds. The van der Waals surface area contributed by atoms with Gasteiger partial charge in [0.15, 0.2) is 5.82 Å². The first-order valence-corrected chi connectivity index (χ1v) is 9.66. The van der Waals surface area contributed by atoms with Crippen LogP contribution in [0.15, 0.2) is 54.9 Å². The van der Waals surface area contributed by atoms with Gasteiger partial charge in [-0.2, -0.15) is 0 Å². The van der Waals surface area contributed by atoms with E-state index in [1.165, 1.54) is 18.2 Å². The van der Waals surface area contributed by atoms with Crippen LogP contribution in [0.25, 0.3) is 0 Å². The predicted octanol–water partition coefficient (Wildman–Crippen LogP) is 4.15. The molecule has 2 aromatic carbocycles.